The van der Waals surface area contributed by atoms with Gasteiger partial charge in [0.2, 0.25) is 0 Å². The van der Waals surface area contributed by atoms with E-state index in [1.807, 2.05) is 13.2 Å². The third kappa shape index (κ3) is 4.57. The summed E-state index contributed by atoms with van der Waals surface area (Å²) in [6, 6.07) is 5.16. The number of pyridine rings is 1. The van der Waals surface area contributed by atoms with Crippen molar-refractivity contribution >= 4 is 0 Å². The van der Waals surface area contributed by atoms with Crippen LogP contribution in [0, 0.1) is 5.92 Å². The van der Waals surface area contributed by atoms with Gasteiger partial charge in [-0.2, -0.15) is 0 Å². The molecule has 1 fully saturated rings. The van der Waals surface area contributed by atoms with Crippen LogP contribution in [0.3, 0.4) is 0 Å². The largest absolute Gasteiger partial charge is 0.316 e. The molecule has 0 aliphatic heterocycles. The van der Waals surface area contributed by atoms with E-state index in [1.54, 1.807) is 0 Å². The molecule has 0 atom stereocenters. The Balaban J connectivity index is 1.98. The highest BCUT2D eigenvalue weighted by molar-refractivity contribution is 5.14. The van der Waals surface area contributed by atoms with Gasteiger partial charge >= 0.3 is 0 Å². The van der Waals surface area contributed by atoms with Gasteiger partial charge in [-0.25, -0.2) is 0 Å². The van der Waals surface area contributed by atoms with Crippen LogP contribution in [-0.4, -0.2) is 29.5 Å². The van der Waals surface area contributed by atoms with Crippen molar-refractivity contribution in [1.82, 2.24) is 15.2 Å². The Hall–Kier alpha value is -0.930. The summed E-state index contributed by atoms with van der Waals surface area (Å²) in [5.74, 6) is 0.721. The van der Waals surface area contributed by atoms with Gasteiger partial charge in [0, 0.05) is 31.9 Å². The molecule has 1 saturated carbocycles. The quantitative estimate of drug-likeness (QED) is 0.828. The molecule has 0 radical (unpaired) electrons. The van der Waals surface area contributed by atoms with E-state index in [4.69, 9.17) is 0 Å². The summed E-state index contributed by atoms with van der Waals surface area (Å²) in [6.07, 6.45) is 7.53. The van der Waals surface area contributed by atoms with Crippen molar-refractivity contribution in [2.45, 2.75) is 58.7 Å². The molecule has 1 aliphatic rings. The van der Waals surface area contributed by atoms with Gasteiger partial charge in [-0.05, 0) is 37.4 Å². The number of aromatic nitrogens is 1. The SMILES string of the molecule is CNCc1ccc(CN(CC(C)C)C2CCCC2)nc1. The van der Waals surface area contributed by atoms with Gasteiger partial charge in [-0.1, -0.05) is 32.8 Å². The summed E-state index contributed by atoms with van der Waals surface area (Å²) in [5.41, 5.74) is 2.46. The average Bonchev–Trinajstić information content (AvgIpc) is 2.94. The molecule has 3 nitrogen and oxygen atoms in total. The Morgan fingerprint density at radius 2 is 2.05 bits per heavy atom. The molecule has 0 saturated heterocycles. The number of nitrogens with zero attached hydrogens (tertiary/aromatic N) is 2. The second-order valence-electron chi connectivity index (χ2n) is 6.45. The fourth-order valence-electron chi connectivity index (χ4n) is 3.15. The first-order chi connectivity index (χ1) is 9.69. The first kappa shape index (κ1) is 15.5. The summed E-state index contributed by atoms with van der Waals surface area (Å²) in [5, 5.41) is 3.16. The van der Waals surface area contributed by atoms with Crippen LogP contribution in [0.15, 0.2) is 18.3 Å². The maximum absolute atomic E-state index is 4.63. The molecule has 1 aromatic rings. The number of rotatable bonds is 7. The monoisotopic (exact) mass is 275 g/mol. The zero-order chi connectivity index (χ0) is 14.4. The Labute approximate surface area is 123 Å². The fourth-order valence-corrected chi connectivity index (χ4v) is 3.15. The lowest BCUT2D eigenvalue weighted by atomic mass is 10.1. The molecular weight excluding hydrogens is 246 g/mol. The molecule has 1 heterocycles. The van der Waals surface area contributed by atoms with Crippen molar-refractivity contribution < 1.29 is 0 Å². The van der Waals surface area contributed by atoms with E-state index in [1.165, 1.54) is 43.5 Å². The van der Waals surface area contributed by atoms with Gasteiger partial charge in [-0.3, -0.25) is 9.88 Å². The third-order valence-corrected chi connectivity index (χ3v) is 4.07. The van der Waals surface area contributed by atoms with Gasteiger partial charge in [0.25, 0.3) is 0 Å². The summed E-state index contributed by atoms with van der Waals surface area (Å²) >= 11 is 0. The molecule has 20 heavy (non-hydrogen) atoms. The smallest absolute Gasteiger partial charge is 0.0544 e. The molecule has 0 amide bonds. The van der Waals surface area contributed by atoms with Gasteiger partial charge < -0.3 is 5.32 Å². The lowest BCUT2D eigenvalue weighted by Gasteiger charge is -2.30. The Morgan fingerprint density at radius 1 is 1.30 bits per heavy atom. The van der Waals surface area contributed by atoms with E-state index >= 15 is 0 Å². The van der Waals surface area contributed by atoms with E-state index in [0.29, 0.717) is 0 Å². The van der Waals surface area contributed by atoms with E-state index in [9.17, 15) is 0 Å². The third-order valence-electron chi connectivity index (χ3n) is 4.07. The minimum Gasteiger partial charge on any atom is -0.316 e. The molecule has 1 aliphatic carbocycles. The molecule has 3 heteroatoms. The highest BCUT2D eigenvalue weighted by Gasteiger charge is 2.23. The highest BCUT2D eigenvalue weighted by Crippen LogP contribution is 2.25. The van der Waals surface area contributed by atoms with Crippen LogP contribution >= 0.6 is 0 Å². The predicted molar refractivity (Wildman–Crippen MR) is 84.5 cm³/mol. The van der Waals surface area contributed by atoms with Gasteiger partial charge in [0.05, 0.1) is 5.69 Å². The normalized spacial score (nSPS) is 16.4. The molecule has 0 aromatic carbocycles. The fraction of sp³-hybridized carbons (Fsp3) is 0.706. The zero-order valence-corrected chi connectivity index (χ0v) is 13.2. The van der Waals surface area contributed by atoms with Crippen LogP contribution in [0.4, 0.5) is 0 Å². The molecule has 1 N–H and O–H groups in total. The Kier molecular flexibility index (Phi) is 5.99. The summed E-state index contributed by atoms with van der Waals surface area (Å²) in [7, 11) is 1.97. The predicted octanol–water partition coefficient (Wildman–Crippen LogP) is 3.20. The molecule has 0 bridgehead atoms. The second-order valence-corrected chi connectivity index (χ2v) is 6.45. The van der Waals surface area contributed by atoms with E-state index in [2.05, 4.69) is 41.2 Å². The van der Waals surface area contributed by atoms with Crippen LogP contribution in [0.25, 0.3) is 0 Å². The molecule has 0 unspecified atom stereocenters. The average molecular weight is 275 g/mol. The van der Waals surface area contributed by atoms with Crippen LogP contribution in [-0.2, 0) is 13.1 Å². The lowest BCUT2D eigenvalue weighted by Crippen LogP contribution is -2.35. The van der Waals surface area contributed by atoms with Crippen molar-refractivity contribution in [2.75, 3.05) is 13.6 Å². The zero-order valence-electron chi connectivity index (χ0n) is 13.2. The number of nitrogens with one attached hydrogen (secondary N) is 1. The highest BCUT2D eigenvalue weighted by atomic mass is 15.2. The van der Waals surface area contributed by atoms with Crippen molar-refractivity contribution in [3.8, 4) is 0 Å². The van der Waals surface area contributed by atoms with Gasteiger partial charge in [0.1, 0.15) is 0 Å². The molecule has 2 rings (SSSR count). The first-order valence-electron chi connectivity index (χ1n) is 8.01. The maximum Gasteiger partial charge on any atom is 0.0544 e. The molecule has 112 valence electrons. The minimum absolute atomic E-state index is 0.721. The summed E-state index contributed by atoms with van der Waals surface area (Å²) < 4.78 is 0. The van der Waals surface area contributed by atoms with E-state index in [0.717, 1.165) is 25.0 Å². The summed E-state index contributed by atoms with van der Waals surface area (Å²) in [4.78, 5) is 7.28. The van der Waals surface area contributed by atoms with Crippen LogP contribution in [0.1, 0.15) is 50.8 Å². The lowest BCUT2D eigenvalue weighted by molar-refractivity contribution is 0.166. The second kappa shape index (κ2) is 7.75. The standard InChI is InChI=1S/C17H29N3/c1-14(2)12-20(17-6-4-5-7-17)13-16-9-8-15(10-18-3)11-19-16/h8-9,11,14,17-18H,4-7,10,12-13H2,1-3H3. The van der Waals surface area contributed by atoms with Gasteiger partial charge in [0.15, 0.2) is 0 Å². The van der Waals surface area contributed by atoms with E-state index in [-0.39, 0.29) is 0 Å². The maximum atomic E-state index is 4.63. The van der Waals surface area contributed by atoms with Gasteiger partial charge in [-0.15, -0.1) is 0 Å². The van der Waals surface area contributed by atoms with Crippen LogP contribution < -0.4 is 5.32 Å². The number of hydrogen-bond acceptors (Lipinski definition) is 3. The molecule has 0 spiro atoms. The topological polar surface area (TPSA) is 28.2 Å². The molecular formula is C17H29N3. The van der Waals surface area contributed by atoms with Crippen molar-refractivity contribution in [1.29, 1.82) is 0 Å². The summed E-state index contributed by atoms with van der Waals surface area (Å²) in [6.45, 7) is 7.70. The minimum atomic E-state index is 0.721. The number of hydrogen-bond donors (Lipinski definition) is 1. The van der Waals surface area contributed by atoms with Crippen LogP contribution in [0.2, 0.25) is 0 Å². The van der Waals surface area contributed by atoms with Crippen molar-refractivity contribution in [3.05, 3.63) is 29.6 Å². The van der Waals surface area contributed by atoms with Crippen molar-refractivity contribution in [2.24, 2.45) is 5.92 Å². The van der Waals surface area contributed by atoms with Crippen molar-refractivity contribution in [3.63, 3.8) is 0 Å². The molecule has 1 aromatic heterocycles. The van der Waals surface area contributed by atoms with Crippen LogP contribution in [0.5, 0.6) is 0 Å². The van der Waals surface area contributed by atoms with E-state index < -0.39 is 0 Å². The Bertz CT molecular complexity index is 380. The first-order valence-corrected chi connectivity index (χ1v) is 8.01. The Morgan fingerprint density at radius 3 is 2.60 bits per heavy atom.